The van der Waals surface area contributed by atoms with E-state index in [9.17, 15) is 9.59 Å². The van der Waals surface area contributed by atoms with Crippen LogP contribution in [0.2, 0.25) is 0 Å². The summed E-state index contributed by atoms with van der Waals surface area (Å²) in [6, 6.07) is 11.1. The normalized spacial score (nSPS) is 14.7. The number of fused-ring (bicyclic) bond motifs is 2. The highest BCUT2D eigenvalue weighted by Crippen LogP contribution is 2.29. The number of carbonyl (C=O) groups excluding carboxylic acids is 1. The average molecular weight is 430 g/mol. The first-order chi connectivity index (χ1) is 15.6. The average Bonchev–Trinajstić information content (AvgIpc) is 3.14. The van der Waals surface area contributed by atoms with E-state index in [1.165, 1.54) is 32.1 Å². The van der Waals surface area contributed by atoms with E-state index in [0.29, 0.717) is 29.2 Å². The van der Waals surface area contributed by atoms with Gasteiger partial charge in [-0.2, -0.15) is 0 Å². The Labute approximate surface area is 185 Å². The van der Waals surface area contributed by atoms with Crippen molar-refractivity contribution in [2.75, 3.05) is 11.9 Å². The minimum Gasteiger partial charge on any atom is -0.338 e. The number of carbonyl (C=O) groups is 1. The molecule has 1 fully saturated rings. The van der Waals surface area contributed by atoms with Crippen molar-refractivity contribution in [3.63, 3.8) is 0 Å². The summed E-state index contributed by atoms with van der Waals surface area (Å²) in [5.74, 6) is 0.574. The highest BCUT2D eigenvalue weighted by atomic mass is 16.2. The molecule has 0 saturated heterocycles. The van der Waals surface area contributed by atoms with Crippen LogP contribution >= 0.6 is 0 Å². The van der Waals surface area contributed by atoms with E-state index in [1.807, 2.05) is 48.1 Å². The Kier molecular flexibility index (Phi) is 5.39. The van der Waals surface area contributed by atoms with Gasteiger partial charge in [-0.15, -0.1) is 0 Å². The minimum atomic E-state index is -0.211. The molecule has 0 atom stereocenters. The van der Waals surface area contributed by atoms with Crippen molar-refractivity contribution >= 4 is 33.7 Å². The monoisotopic (exact) mass is 429 g/mol. The smallest absolute Gasteiger partial charge is 0.319 e. The number of urea groups is 1. The molecule has 0 radical (unpaired) electrons. The Balaban J connectivity index is 1.37. The second-order valence-electron chi connectivity index (χ2n) is 8.68. The summed E-state index contributed by atoms with van der Waals surface area (Å²) < 4.78 is 1.92. The zero-order valence-corrected chi connectivity index (χ0v) is 18.1. The second-order valence-corrected chi connectivity index (χ2v) is 8.68. The molecule has 0 unspecified atom stereocenters. The number of nitrogens with one attached hydrogen (secondary N) is 3. The number of H-pyrrole nitrogens is 1. The van der Waals surface area contributed by atoms with Crippen LogP contribution < -0.4 is 16.2 Å². The lowest BCUT2D eigenvalue weighted by molar-refractivity contribution is 0.247. The molecule has 7 heteroatoms. The number of pyridine rings is 2. The fourth-order valence-corrected chi connectivity index (χ4v) is 4.71. The molecular weight excluding hydrogens is 402 g/mol. The van der Waals surface area contributed by atoms with Gasteiger partial charge in [-0.1, -0.05) is 25.3 Å². The van der Waals surface area contributed by atoms with E-state index in [0.717, 1.165) is 22.0 Å². The molecule has 32 heavy (non-hydrogen) atoms. The van der Waals surface area contributed by atoms with Crippen LogP contribution in [0.5, 0.6) is 0 Å². The topological polar surface area (TPSA) is 91.8 Å². The standard InChI is InChI=1S/C25H27N5O2/c1-30-15-21(19-8-5-11-26-23(19)30)20-12-17-9-10-18(13-22(17)29-24(20)31)28-25(32)27-14-16-6-3-2-4-7-16/h5,8-13,15-16H,2-4,6-7,14H2,1H3,(H,29,31)(H2,27,28,32). The van der Waals surface area contributed by atoms with Crippen LogP contribution in [0.4, 0.5) is 10.5 Å². The van der Waals surface area contributed by atoms with E-state index in [4.69, 9.17) is 0 Å². The Morgan fingerprint density at radius 2 is 2.00 bits per heavy atom. The molecule has 5 rings (SSSR count). The Morgan fingerprint density at radius 3 is 2.84 bits per heavy atom. The lowest BCUT2D eigenvalue weighted by atomic mass is 9.89. The number of nitrogens with zero attached hydrogens (tertiary/aromatic N) is 2. The Bertz CT molecular complexity index is 1350. The molecule has 164 valence electrons. The first-order valence-electron chi connectivity index (χ1n) is 11.2. The molecule has 3 aromatic heterocycles. The van der Waals surface area contributed by atoms with Crippen LogP contribution in [0, 0.1) is 5.92 Å². The third-order valence-corrected chi connectivity index (χ3v) is 6.40. The maximum Gasteiger partial charge on any atom is 0.319 e. The first-order valence-corrected chi connectivity index (χ1v) is 11.2. The summed E-state index contributed by atoms with van der Waals surface area (Å²) in [7, 11) is 1.92. The van der Waals surface area contributed by atoms with Gasteiger partial charge in [-0.3, -0.25) is 4.79 Å². The first kappa shape index (κ1) is 20.3. The molecule has 4 aromatic rings. The number of aryl methyl sites for hydroxylation is 1. The predicted octanol–water partition coefficient (Wildman–Crippen LogP) is 4.78. The molecule has 1 aliphatic carbocycles. The molecule has 3 N–H and O–H groups in total. The highest BCUT2D eigenvalue weighted by Gasteiger charge is 2.15. The zero-order valence-electron chi connectivity index (χ0n) is 18.1. The van der Waals surface area contributed by atoms with Crippen molar-refractivity contribution < 1.29 is 4.79 Å². The van der Waals surface area contributed by atoms with Crippen LogP contribution in [0.25, 0.3) is 33.1 Å². The van der Waals surface area contributed by atoms with Gasteiger partial charge in [-0.25, -0.2) is 9.78 Å². The lowest BCUT2D eigenvalue weighted by Crippen LogP contribution is -2.33. The number of amides is 2. The van der Waals surface area contributed by atoms with E-state index in [1.54, 1.807) is 12.3 Å². The fraction of sp³-hybridized carbons (Fsp3) is 0.320. The minimum absolute atomic E-state index is 0.173. The number of rotatable bonds is 4. The van der Waals surface area contributed by atoms with Crippen LogP contribution in [0.15, 0.2) is 53.6 Å². The van der Waals surface area contributed by atoms with Gasteiger partial charge < -0.3 is 20.2 Å². The van der Waals surface area contributed by atoms with Crippen LogP contribution in [0.1, 0.15) is 32.1 Å². The Hall–Kier alpha value is -3.61. The molecule has 0 spiro atoms. The van der Waals surface area contributed by atoms with Crippen molar-refractivity contribution in [1.29, 1.82) is 0 Å². The Morgan fingerprint density at radius 1 is 1.16 bits per heavy atom. The molecule has 3 heterocycles. The van der Waals surface area contributed by atoms with Crippen LogP contribution in [-0.2, 0) is 7.05 Å². The number of anilines is 1. The number of hydrogen-bond acceptors (Lipinski definition) is 3. The summed E-state index contributed by atoms with van der Waals surface area (Å²) in [6.45, 7) is 0.708. The van der Waals surface area contributed by atoms with E-state index in [2.05, 4.69) is 20.6 Å². The zero-order chi connectivity index (χ0) is 22.1. The number of benzene rings is 1. The van der Waals surface area contributed by atoms with Gasteiger partial charge in [-0.05, 0) is 54.5 Å². The molecular formula is C25H27N5O2. The van der Waals surface area contributed by atoms with Gasteiger partial charge in [0, 0.05) is 48.2 Å². The number of hydrogen-bond donors (Lipinski definition) is 3. The van der Waals surface area contributed by atoms with Gasteiger partial charge in [0.1, 0.15) is 5.65 Å². The van der Waals surface area contributed by atoms with E-state index >= 15 is 0 Å². The SMILES string of the molecule is Cn1cc(-c2cc3ccc(NC(=O)NCC4CCCCC4)cc3[nH]c2=O)c2cccnc21. The molecule has 1 aliphatic rings. The summed E-state index contributed by atoms with van der Waals surface area (Å²) in [6.07, 6.45) is 9.86. The van der Waals surface area contributed by atoms with Gasteiger partial charge in [0.15, 0.2) is 0 Å². The molecule has 0 aliphatic heterocycles. The fourth-order valence-electron chi connectivity index (χ4n) is 4.71. The quantitative estimate of drug-likeness (QED) is 0.436. The summed E-state index contributed by atoms with van der Waals surface area (Å²) >= 11 is 0. The molecule has 1 aromatic carbocycles. The predicted molar refractivity (Wildman–Crippen MR) is 128 cm³/mol. The van der Waals surface area contributed by atoms with Crippen molar-refractivity contribution in [3.05, 3.63) is 59.1 Å². The molecule has 7 nitrogen and oxygen atoms in total. The molecule has 2 amide bonds. The van der Waals surface area contributed by atoms with Crippen molar-refractivity contribution in [2.24, 2.45) is 13.0 Å². The maximum atomic E-state index is 12.9. The van der Waals surface area contributed by atoms with Gasteiger partial charge in [0.25, 0.3) is 5.56 Å². The molecule has 0 bridgehead atoms. The number of aromatic nitrogens is 3. The van der Waals surface area contributed by atoms with E-state index < -0.39 is 0 Å². The van der Waals surface area contributed by atoms with Gasteiger partial charge in [0.05, 0.1) is 5.52 Å². The summed E-state index contributed by atoms with van der Waals surface area (Å²) in [5.41, 5.74) is 3.44. The third kappa shape index (κ3) is 3.98. The van der Waals surface area contributed by atoms with E-state index in [-0.39, 0.29) is 11.6 Å². The second kappa shape index (κ2) is 8.49. The summed E-state index contributed by atoms with van der Waals surface area (Å²) in [5, 5.41) is 7.70. The van der Waals surface area contributed by atoms with Gasteiger partial charge in [0.2, 0.25) is 0 Å². The van der Waals surface area contributed by atoms with Crippen molar-refractivity contribution in [3.8, 4) is 11.1 Å². The van der Waals surface area contributed by atoms with Crippen LogP contribution in [-0.4, -0.2) is 27.1 Å². The third-order valence-electron chi connectivity index (χ3n) is 6.40. The van der Waals surface area contributed by atoms with Crippen LogP contribution in [0.3, 0.4) is 0 Å². The van der Waals surface area contributed by atoms with Crippen molar-refractivity contribution in [1.82, 2.24) is 19.9 Å². The maximum absolute atomic E-state index is 12.9. The highest BCUT2D eigenvalue weighted by molar-refractivity contribution is 5.97. The van der Waals surface area contributed by atoms with Gasteiger partial charge >= 0.3 is 6.03 Å². The lowest BCUT2D eigenvalue weighted by Gasteiger charge is -2.21. The molecule has 1 saturated carbocycles. The largest absolute Gasteiger partial charge is 0.338 e. The number of aromatic amines is 1. The van der Waals surface area contributed by atoms with Crippen molar-refractivity contribution in [2.45, 2.75) is 32.1 Å². The summed E-state index contributed by atoms with van der Waals surface area (Å²) in [4.78, 5) is 32.6.